The first kappa shape index (κ1) is 21.1. The Morgan fingerprint density at radius 2 is 1.87 bits per heavy atom. The number of aryl methyl sites for hydroxylation is 1. The van der Waals surface area contributed by atoms with E-state index in [1.807, 2.05) is 6.92 Å². The van der Waals surface area contributed by atoms with Crippen molar-refractivity contribution in [3.8, 4) is 0 Å². The van der Waals surface area contributed by atoms with Gasteiger partial charge in [0.15, 0.2) is 11.8 Å². The molecule has 156 valence electrons. The molecule has 2 aromatic carbocycles. The Hall–Kier alpha value is -3.62. The molecule has 30 heavy (non-hydrogen) atoms. The van der Waals surface area contributed by atoms with Crippen LogP contribution in [0.15, 0.2) is 47.3 Å². The molecule has 0 fully saturated rings. The number of esters is 1. The van der Waals surface area contributed by atoms with Crippen molar-refractivity contribution in [1.82, 2.24) is 9.78 Å². The van der Waals surface area contributed by atoms with Crippen molar-refractivity contribution < 1.29 is 23.1 Å². The van der Waals surface area contributed by atoms with E-state index in [1.165, 1.54) is 11.6 Å². The number of fused-ring (bicyclic) bond motifs is 1. The Labute approximate surface area is 170 Å². The summed E-state index contributed by atoms with van der Waals surface area (Å²) in [7, 11) is 0. The van der Waals surface area contributed by atoms with Crippen molar-refractivity contribution in [3.63, 3.8) is 0 Å². The third kappa shape index (κ3) is 4.35. The molecule has 1 unspecified atom stereocenters. The van der Waals surface area contributed by atoms with Crippen molar-refractivity contribution in [2.75, 3.05) is 5.32 Å². The van der Waals surface area contributed by atoms with Crippen LogP contribution in [0.3, 0.4) is 0 Å². The molecule has 7 nitrogen and oxygen atoms in total. The predicted molar refractivity (Wildman–Crippen MR) is 106 cm³/mol. The molecule has 0 saturated carbocycles. The van der Waals surface area contributed by atoms with E-state index in [1.54, 1.807) is 24.3 Å². The van der Waals surface area contributed by atoms with Gasteiger partial charge in [0.25, 0.3) is 11.5 Å². The van der Waals surface area contributed by atoms with Gasteiger partial charge >= 0.3 is 5.97 Å². The van der Waals surface area contributed by atoms with Crippen molar-refractivity contribution in [2.45, 2.75) is 32.9 Å². The molecule has 1 heterocycles. The first-order valence-electron chi connectivity index (χ1n) is 9.28. The van der Waals surface area contributed by atoms with Crippen LogP contribution in [0.2, 0.25) is 0 Å². The zero-order chi connectivity index (χ0) is 21.8. The summed E-state index contributed by atoms with van der Waals surface area (Å²) in [6, 6.07) is 9.14. The molecule has 0 spiro atoms. The Kier molecular flexibility index (Phi) is 6.20. The quantitative estimate of drug-likeness (QED) is 0.624. The molecule has 0 radical (unpaired) electrons. The Balaban J connectivity index is 1.84. The van der Waals surface area contributed by atoms with E-state index >= 15 is 0 Å². The van der Waals surface area contributed by atoms with Crippen LogP contribution >= 0.6 is 0 Å². The number of aromatic nitrogens is 2. The van der Waals surface area contributed by atoms with Crippen molar-refractivity contribution in [1.29, 1.82) is 0 Å². The van der Waals surface area contributed by atoms with E-state index in [4.69, 9.17) is 4.74 Å². The van der Waals surface area contributed by atoms with Gasteiger partial charge in [-0.25, -0.2) is 18.3 Å². The van der Waals surface area contributed by atoms with E-state index in [0.29, 0.717) is 29.8 Å². The number of carbonyl (C=O) groups is 2. The summed E-state index contributed by atoms with van der Waals surface area (Å²) in [5.41, 5.74) is -0.683. The highest BCUT2D eigenvalue weighted by Gasteiger charge is 2.24. The minimum atomic E-state index is -1.30. The van der Waals surface area contributed by atoms with E-state index in [0.717, 1.165) is 12.1 Å². The van der Waals surface area contributed by atoms with Gasteiger partial charge in [0.2, 0.25) is 0 Å². The van der Waals surface area contributed by atoms with Crippen LogP contribution < -0.4 is 10.9 Å². The maximum Gasteiger partial charge on any atom is 0.360 e. The monoisotopic (exact) mass is 415 g/mol. The van der Waals surface area contributed by atoms with Crippen LogP contribution in [0.5, 0.6) is 0 Å². The smallest absolute Gasteiger partial charge is 0.360 e. The number of anilines is 1. The molecule has 1 amide bonds. The number of nitrogens with zero attached hydrogens (tertiary/aromatic N) is 2. The van der Waals surface area contributed by atoms with Gasteiger partial charge in [-0.05, 0) is 31.5 Å². The van der Waals surface area contributed by atoms with Gasteiger partial charge < -0.3 is 10.1 Å². The van der Waals surface area contributed by atoms with Crippen LogP contribution in [0.25, 0.3) is 10.8 Å². The van der Waals surface area contributed by atoms with Crippen LogP contribution in [0.1, 0.15) is 30.8 Å². The number of halogens is 2. The number of amides is 1. The van der Waals surface area contributed by atoms with E-state index in [2.05, 4.69) is 10.4 Å². The zero-order valence-electron chi connectivity index (χ0n) is 16.3. The first-order valence-corrected chi connectivity index (χ1v) is 9.28. The van der Waals surface area contributed by atoms with Crippen LogP contribution in [0, 0.1) is 11.6 Å². The topological polar surface area (TPSA) is 90.3 Å². The Morgan fingerprint density at radius 1 is 1.17 bits per heavy atom. The average Bonchev–Trinajstić information content (AvgIpc) is 2.72. The number of benzene rings is 2. The minimum absolute atomic E-state index is 0.105. The van der Waals surface area contributed by atoms with Gasteiger partial charge in [-0.1, -0.05) is 25.1 Å². The molecule has 0 aliphatic rings. The molecule has 1 aromatic heterocycles. The van der Waals surface area contributed by atoms with E-state index in [9.17, 15) is 23.2 Å². The highest BCUT2D eigenvalue weighted by atomic mass is 19.1. The second-order valence-electron chi connectivity index (χ2n) is 6.58. The molecule has 1 N–H and O–H groups in total. The fourth-order valence-corrected chi connectivity index (χ4v) is 2.84. The summed E-state index contributed by atoms with van der Waals surface area (Å²) in [5, 5.41) is 6.95. The summed E-state index contributed by atoms with van der Waals surface area (Å²) < 4.78 is 33.1. The molecule has 0 saturated heterocycles. The Morgan fingerprint density at radius 3 is 2.53 bits per heavy atom. The van der Waals surface area contributed by atoms with Crippen molar-refractivity contribution in [2.24, 2.45) is 0 Å². The number of hydrogen-bond donors (Lipinski definition) is 1. The molecule has 1 atom stereocenters. The van der Waals surface area contributed by atoms with Gasteiger partial charge in [0.05, 0.1) is 11.1 Å². The lowest BCUT2D eigenvalue weighted by Crippen LogP contribution is -2.32. The second kappa shape index (κ2) is 8.81. The highest BCUT2D eigenvalue weighted by Crippen LogP contribution is 2.17. The summed E-state index contributed by atoms with van der Waals surface area (Å²) in [6.45, 7) is 3.48. The van der Waals surface area contributed by atoms with Crippen molar-refractivity contribution in [3.05, 3.63) is 70.1 Å². The molecule has 0 aliphatic heterocycles. The van der Waals surface area contributed by atoms with Gasteiger partial charge in [0, 0.05) is 18.0 Å². The number of rotatable bonds is 6. The molecular weight excluding hydrogens is 396 g/mol. The van der Waals surface area contributed by atoms with Crippen LogP contribution in [-0.4, -0.2) is 27.8 Å². The first-order chi connectivity index (χ1) is 14.3. The third-order valence-corrected chi connectivity index (χ3v) is 4.34. The average molecular weight is 415 g/mol. The van der Waals surface area contributed by atoms with Gasteiger partial charge in [-0.15, -0.1) is 0 Å². The Bertz CT molecular complexity index is 1180. The second-order valence-corrected chi connectivity index (χ2v) is 6.58. The summed E-state index contributed by atoms with van der Waals surface area (Å²) >= 11 is 0. The third-order valence-electron chi connectivity index (χ3n) is 4.34. The molecule has 3 aromatic rings. The van der Waals surface area contributed by atoms with Gasteiger partial charge in [0.1, 0.15) is 11.6 Å². The van der Waals surface area contributed by atoms with Gasteiger partial charge in [-0.3, -0.25) is 9.59 Å². The fraction of sp³-hybridized carbons (Fsp3) is 0.238. The summed E-state index contributed by atoms with van der Waals surface area (Å²) in [6.07, 6.45) is -0.670. The zero-order valence-corrected chi connectivity index (χ0v) is 16.3. The van der Waals surface area contributed by atoms with E-state index < -0.39 is 29.6 Å². The largest absolute Gasteiger partial charge is 0.448 e. The maximum atomic E-state index is 13.7. The van der Waals surface area contributed by atoms with Crippen LogP contribution in [-0.2, 0) is 16.1 Å². The molecule has 9 heteroatoms. The lowest BCUT2D eigenvalue weighted by Gasteiger charge is -2.15. The highest BCUT2D eigenvalue weighted by molar-refractivity contribution is 6.03. The lowest BCUT2D eigenvalue weighted by atomic mass is 10.1. The minimum Gasteiger partial charge on any atom is -0.448 e. The number of nitrogens with one attached hydrogen (secondary N) is 1. The number of carbonyl (C=O) groups excluding carboxylic acids is 2. The normalized spacial score (nSPS) is 11.9. The summed E-state index contributed by atoms with van der Waals surface area (Å²) in [4.78, 5) is 37.5. The van der Waals surface area contributed by atoms with Gasteiger partial charge in [-0.2, -0.15) is 5.10 Å². The molecular formula is C21H19F2N3O4. The SMILES string of the molecule is CCCn1nc(C(=O)OC(C)C(=O)Nc2ccc(F)cc2F)c2ccccc2c1=O. The maximum absolute atomic E-state index is 13.7. The van der Waals surface area contributed by atoms with E-state index in [-0.39, 0.29) is 16.9 Å². The standard InChI is InChI=1S/C21H19F2N3O4/c1-3-10-26-20(28)15-7-5-4-6-14(15)18(25-26)21(29)30-12(2)19(27)24-17-9-8-13(22)11-16(17)23/h4-9,11-12H,3,10H2,1-2H3,(H,24,27). The number of ether oxygens (including phenoxy) is 1. The van der Waals surface area contributed by atoms with Crippen LogP contribution in [0.4, 0.5) is 14.5 Å². The predicted octanol–water partition coefficient (Wildman–Crippen LogP) is 3.27. The lowest BCUT2D eigenvalue weighted by molar-refractivity contribution is -0.123. The summed E-state index contributed by atoms with van der Waals surface area (Å²) in [5.74, 6) is -3.45. The fourth-order valence-electron chi connectivity index (χ4n) is 2.84. The molecule has 0 bridgehead atoms. The molecule has 3 rings (SSSR count). The molecule has 0 aliphatic carbocycles. The van der Waals surface area contributed by atoms with Crippen molar-refractivity contribution >= 4 is 28.3 Å². The number of hydrogen-bond acceptors (Lipinski definition) is 5.